The summed E-state index contributed by atoms with van der Waals surface area (Å²) in [5.41, 5.74) is 0.690. The minimum Gasteiger partial charge on any atom is -0.451 e. The summed E-state index contributed by atoms with van der Waals surface area (Å²) < 4.78 is 5.45. The highest BCUT2D eigenvalue weighted by Gasteiger charge is 2.14. The lowest BCUT2D eigenvalue weighted by atomic mass is 10.1. The monoisotopic (exact) mass is 261 g/mol. The lowest BCUT2D eigenvalue weighted by Crippen LogP contribution is -2.32. The zero-order chi connectivity index (χ0) is 13.8. The zero-order valence-electron chi connectivity index (χ0n) is 11.2. The van der Waals surface area contributed by atoms with Crippen molar-refractivity contribution < 1.29 is 14.3 Å². The predicted molar refractivity (Wildman–Crippen MR) is 74.0 cm³/mol. The number of amides is 1. The second kappa shape index (κ2) is 5.89. The molecule has 0 saturated carbocycles. The molecule has 1 heterocycles. The first kappa shape index (κ1) is 13.6. The van der Waals surface area contributed by atoms with Crippen LogP contribution in [0.25, 0.3) is 11.0 Å². The minimum atomic E-state index is -0.520. The van der Waals surface area contributed by atoms with Crippen LogP contribution < -0.4 is 5.32 Å². The third-order valence-electron chi connectivity index (χ3n) is 2.89. The molecule has 2 aromatic rings. The van der Waals surface area contributed by atoms with Crippen LogP contribution in [0.3, 0.4) is 0 Å². The number of para-hydroxylation sites is 1. The first-order chi connectivity index (χ1) is 9.06. The van der Waals surface area contributed by atoms with Crippen molar-refractivity contribution in [1.82, 2.24) is 5.32 Å². The Labute approximate surface area is 112 Å². The zero-order valence-corrected chi connectivity index (χ0v) is 11.2. The Morgan fingerprint density at radius 3 is 2.79 bits per heavy atom. The van der Waals surface area contributed by atoms with E-state index in [0.717, 1.165) is 5.39 Å². The van der Waals surface area contributed by atoms with Gasteiger partial charge in [-0.15, -0.1) is 0 Å². The number of aliphatic hydroxyl groups is 1. The van der Waals surface area contributed by atoms with Gasteiger partial charge in [-0.25, -0.2) is 0 Å². The van der Waals surface area contributed by atoms with Gasteiger partial charge in [-0.3, -0.25) is 4.79 Å². The number of fused-ring (bicyclic) bond motifs is 1. The predicted octanol–water partition coefficient (Wildman–Crippen LogP) is 2.57. The Bertz CT molecular complexity index is 526. The van der Waals surface area contributed by atoms with E-state index in [1.807, 2.05) is 38.1 Å². The van der Waals surface area contributed by atoms with Crippen LogP contribution in [0.1, 0.15) is 30.8 Å². The van der Waals surface area contributed by atoms with Gasteiger partial charge in [0.25, 0.3) is 5.91 Å². The Kier molecular flexibility index (Phi) is 4.22. The van der Waals surface area contributed by atoms with E-state index in [-0.39, 0.29) is 18.2 Å². The maximum atomic E-state index is 11.9. The van der Waals surface area contributed by atoms with Crippen molar-refractivity contribution in [1.29, 1.82) is 0 Å². The molecule has 4 nitrogen and oxygen atoms in total. The van der Waals surface area contributed by atoms with Crippen molar-refractivity contribution in [3.8, 4) is 0 Å². The number of rotatable bonds is 5. The highest BCUT2D eigenvalue weighted by molar-refractivity contribution is 5.96. The van der Waals surface area contributed by atoms with E-state index >= 15 is 0 Å². The maximum absolute atomic E-state index is 11.9. The molecular formula is C15H19NO3. The van der Waals surface area contributed by atoms with Crippen LogP contribution in [0.5, 0.6) is 0 Å². The first-order valence-corrected chi connectivity index (χ1v) is 6.51. The molecule has 1 atom stereocenters. The summed E-state index contributed by atoms with van der Waals surface area (Å²) in [4.78, 5) is 11.9. The SMILES string of the molecule is CC(C)CC(O)CNC(=O)c1cc2ccccc2o1. The Morgan fingerprint density at radius 1 is 1.37 bits per heavy atom. The molecule has 2 N–H and O–H groups in total. The van der Waals surface area contributed by atoms with Crippen LogP contribution in [-0.4, -0.2) is 23.7 Å². The van der Waals surface area contributed by atoms with Gasteiger partial charge in [0.1, 0.15) is 5.58 Å². The third-order valence-corrected chi connectivity index (χ3v) is 2.89. The van der Waals surface area contributed by atoms with Crippen LogP contribution in [0.15, 0.2) is 34.7 Å². The number of carbonyl (C=O) groups is 1. The van der Waals surface area contributed by atoms with E-state index in [1.54, 1.807) is 6.07 Å². The summed E-state index contributed by atoms with van der Waals surface area (Å²) >= 11 is 0. The summed E-state index contributed by atoms with van der Waals surface area (Å²) in [6.07, 6.45) is 0.147. The summed E-state index contributed by atoms with van der Waals surface area (Å²) in [5, 5.41) is 13.3. The van der Waals surface area contributed by atoms with Gasteiger partial charge >= 0.3 is 0 Å². The molecule has 1 unspecified atom stereocenters. The van der Waals surface area contributed by atoms with Crippen LogP contribution in [0.2, 0.25) is 0 Å². The first-order valence-electron chi connectivity index (χ1n) is 6.51. The minimum absolute atomic E-state index is 0.244. The maximum Gasteiger partial charge on any atom is 0.287 e. The van der Waals surface area contributed by atoms with Crippen molar-refractivity contribution in [2.24, 2.45) is 5.92 Å². The quantitative estimate of drug-likeness (QED) is 0.869. The highest BCUT2D eigenvalue weighted by atomic mass is 16.3. The number of furan rings is 1. The Balaban J connectivity index is 1.96. The van der Waals surface area contributed by atoms with Crippen LogP contribution in [0.4, 0.5) is 0 Å². The molecule has 0 fully saturated rings. The fraction of sp³-hybridized carbons (Fsp3) is 0.400. The number of benzene rings is 1. The standard InChI is InChI=1S/C15H19NO3/c1-10(2)7-12(17)9-16-15(18)14-8-11-5-3-4-6-13(11)19-14/h3-6,8,10,12,17H,7,9H2,1-2H3,(H,16,18). The second-order valence-electron chi connectivity index (χ2n) is 5.14. The number of hydrogen-bond acceptors (Lipinski definition) is 3. The van der Waals surface area contributed by atoms with Gasteiger partial charge in [0.05, 0.1) is 6.10 Å². The van der Waals surface area contributed by atoms with Gasteiger partial charge in [0.15, 0.2) is 5.76 Å². The Hall–Kier alpha value is -1.81. The van der Waals surface area contributed by atoms with Crippen LogP contribution in [0, 0.1) is 5.92 Å². The van der Waals surface area contributed by atoms with Crippen molar-refractivity contribution in [2.45, 2.75) is 26.4 Å². The summed E-state index contributed by atoms with van der Waals surface area (Å²) in [6.45, 7) is 4.31. The molecule has 19 heavy (non-hydrogen) atoms. The number of nitrogens with one attached hydrogen (secondary N) is 1. The average molecular weight is 261 g/mol. The molecular weight excluding hydrogens is 242 g/mol. The second-order valence-corrected chi connectivity index (χ2v) is 5.14. The van der Waals surface area contributed by atoms with Crippen LogP contribution in [-0.2, 0) is 0 Å². The fourth-order valence-corrected chi connectivity index (χ4v) is 2.02. The molecule has 2 rings (SSSR count). The topological polar surface area (TPSA) is 62.5 Å². The molecule has 0 bridgehead atoms. The van der Waals surface area contributed by atoms with Gasteiger partial charge in [0.2, 0.25) is 0 Å². The van der Waals surface area contributed by atoms with Gasteiger partial charge in [0, 0.05) is 11.9 Å². The largest absolute Gasteiger partial charge is 0.451 e. The smallest absolute Gasteiger partial charge is 0.287 e. The number of aliphatic hydroxyl groups excluding tert-OH is 1. The molecule has 0 saturated heterocycles. The Morgan fingerprint density at radius 2 is 2.11 bits per heavy atom. The number of carbonyl (C=O) groups excluding carboxylic acids is 1. The van der Waals surface area contributed by atoms with Gasteiger partial charge in [-0.2, -0.15) is 0 Å². The molecule has 0 aliphatic rings. The molecule has 102 valence electrons. The summed E-state index contributed by atoms with van der Waals surface area (Å²) in [5.74, 6) is 0.384. The highest BCUT2D eigenvalue weighted by Crippen LogP contribution is 2.18. The summed E-state index contributed by atoms with van der Waals surface area (Å²) in [6, 6.07) is 9.17. The van der Waals surface area contributed by atoms with Crippen molar-refractivity contribution in [3.05, 3.63) is 36.1 Å². The molecule has 0 radical (unpaired) electrons. The molecule has 0 aliphatic carbocycles. The molecule has 4 heteroatoms. The molecule has 1 aromatic heterocycles. The van der Waals surface area contributed by atoms with Crippen molar-refractivity contribution in [2.75, 3.05) is 6.54 Å². The van der Waals surface area contributed by atoms with E-state index in [9.17, 15) is 9.90 Å². The van der Waals surface area contributed by atoms with Gasteiger partial charge in [-0.1, -0.05) is 32.0 Å². The van der Waals surface area contributed by atoms with E-state index < -0.39 is 6.10 Å². The lowest BCUT2D eigenvalue weighted by Gasteiger charge is -2.13. The van der Waals surface area contributed by atoms with Crippen molar-refractivity contribution >= 4 is 16.9 Å². The molecule has 1 aromatic carbocycles. The molecule has 0 spiro atoms. The lowest BCUT2D eigenvalue weighted by molar-refractivity contribution is 0.0876. The van der Waals surface area contributed by atoms with Gasteiger partial charge in [-0.05, 0) is 24.5 Å². The van der Waals surface area contributed by atoms with E-state index in [4.69, 9.17) is 4.42 Å². The average Bonchev–Trinajstić information content (AvgIpc) is 2.78. The van der Waals surface area contributed by atoms with E-state index in [1.165, 1.54) is 0 Å². The normalized spacial score (nSPS) is 12.8. The number of hydrogen-bond donors (Lipinski definition) is 2. The molecule has 1 amide bonds. The third kappa shape index (κ3) is 3.58. The van der Waals surface area contributed by atoms with E-state index in [2.05, 4.69) is 5.32 Å². The van der Waals surface area contributed by atoms with Gasteiger partial charge < -0.3 is 14.8 Å². The fourth-order valence-electron chi connectivity index (χ4n) is 2.02. The van der Waals surface area contributed by atoms with Crippen LogP contribution >= 0.6 is 0 Å². The van der Waals surface area contributed by atoms with E-state index in [0.29, 0.717) is 17.9 Å². The van der Waals surface area contributed by atoms with Crippen molar-refractivity contribution in [3.63, 3.8) is 0 Å². The summed E-state index contributed by atoms with van der Waals surface area (Å²) in [7, 11) is 0. The molecule has 0 aliphatic heterocycles.